The maximum absolute atomic E-state index is 11.9. The van der Waals surface area contributed by atoms with E-state index >= 15 is 0 Å². The van der Waals surface area contributed by atoms with Crippen molar-refractivity contribution in [1.29, 1.82) is 0 Å². The Morgan fingerprint density at radius 3 is 2.46 bits per heavy atom. The van der Waals surface area contributed by atoms with Gasteiger partial charge in [-0.05, 0) is 44.5 Å². The van der Waals surface area contributed by atoms with Gasteiger partial charge in [-0.25, -0.2) is 8.42 Å². The number of anilines is 1. The first kappa shape index (κ1) is 20.2. The fourth-order valence-electron chi connectivity index (χ4n) is 1.86. The highest BCUT2D eigenvalue weighted by molar-refractivity contribution is 7.92. The first-order chi connectivity index (χ1) is 11.3. The van der Waals surface area contributed by atoms with Crippen LogP contribution in [0.25, 0.3) is 0 Å². The lowest BCUT2D eigenvalue weighted by Crippen LogP contribution is -2.37. The van der Waals surface area contributed by atoms with Crippen LogP contribution in [0, 0.1) is 0 Å². The molecule has 1 aromatic carbocycles. The van der Waals surface area contributed by atoms with Crippen molar-refractivity contribution in [2.45, 2.75) is 26.4 Å². The zero-order valence-corrected chi connectivity index (χ0v) is 15.4. The minimum Gasteiger partial charge on any atom is -0.481 e. The lowest BCUT2D eigenvalue weighted by Gasteiger charge is -2.18. The molecular formula is C16H26N2O5S. The lowest BCUT2D eigenvalue weighted by atomic mass is 10.3. The Bertz CT molecular complexity index is 616. The van der Waals surface area contributed by atoms with Crippen LogP contribution in [0.1, 0.15) is 20.3 Å². The third-order valence-corrected chi connectivity index (χ3v) is 4.55. The molecule has 1 amide bonds. The molecule has 0 spiro atoms. The molecule has 0 bridgehead atoms. The summed E-state index contributed by atoms with van der Waals surface area (Å²) in [5.74, 6) is 0.293. The number of rotatable bonds is 10. The fourth-order valence-corrected chi connectivity index (χ4v) is 2.36. The number of hydrogen-bond donors (Lipinski definition) is 1. The molecule has 1 N–H and O–H groups in total. The second-order valence-electron chi connectivity index (χ2n) is 5.33. The molecule has 0 aromatic heterocycles. The normalized spacial score (nSPS) is 12.5. The van der Waals surface area contributed by atoms with E-state index in [1.165, 1.54) is 11.4 Å². The highest BCUT2D eigenvalue weighted by atomic mass is 32.2. The van der Waals surface area contributed by atoms with Gasteiger partial charge in [0.15, 0.2) is 6.10 Å². The summed E-state index contributed by atoms with van der Waals surface area (Å²) in [7, 11) is -1.83. The van der Waals surface area contributed by atoms with Gasteiger partial charge in [-0.3, -0.25) is 9.10 Å². The van der Waals surface area contributed by atoms with E-state index in [0.29, 0.717) is 31.2 Å². The highest BCUT2D eigenvalue weighted by Gasteiger charge is 2.15. The topological polar surface area (TPSA) is 84.9 Å². The Hall–Kier alpha value is -1.80. The van der Waals surface area contributed by atoms with E-state index in [0.717, 1.165) is 12.7 Å². The highest BCUT2D eigenvalue weighted by Crippen LogP contribution is 2.20. The predicted octanol–water partition coefficient (Wildman–Crippen LogP) is 1.39. The first-order valence-corrected chi connectivity index (χ1v) is 9.66. The number of amides is 1. The van der Waals surface area contributed by atoms with Crippen molar-refractivity contribution in [1.82, 2.24) is 5.32 Å². The SMILES string of the molecule is CCOCCCNC(=O)[C@H](C)Oc1ccc(N(C)S(C)(=O)=O)cc1. The molecule has 0 saturated heterocycles. The molecule has 1 aromatic rings. The molecule has 7 nitrogen and oxygen atoms in total. The molecule has 0 unspecified atom stereocenters. The number of nitrogens with zero attached hydrogens (tertiary/aromatic N) is 1. The molecule has 8 heteroatoms. The summed E-state index contributed by atoms with van der Waals surface area (Å²) in [6, 6.07) is 6.53. The molecule has 0 heterocycles. The van der Waals surface area contributed by atoms with Crippen molar-refractivity contribution in [2.75, 3.05) is 37.4 Å². The summed E-state index contributed by atoms with van der Waals surface area (Å²) in [4.78, 5) is 11.9. The van der Waals surface area contributed by atoms with E-state index < -0.39 is 16.1 Å². The lowest BCUT2D eigenvalue weighted by molar-refractivity contribution is -0.127. The van der Waals surface area contributed by atoms with Crippen LogP contribution in [-0.4, -0.2) is 53.5 Å². The third kappa shape index (κ3) is 6.76. The summed E-state index contributed by atoms with van der Waals surface area (Å²) in [5.41, 5.74) is 0.526. The van der Waals surface area contributed by atoms with Gasteiger partial charge < -0.3 is 14.8 Å². The van der Waals surface area contributed by atoms with Crippen molar-refractivity contribution < 1.29 is 22.7 Å². The van der Waals surface area contributed by atoms with Gasteiger partial charge in [0.25, 0.3) is 5.91 Å². The van der Waals surface area contributed by atoms with Crippen molar-refractivity contribution in [3.63, 3.8) is 0 Å². The van der Waals surface area contributed by atoms with Crippen LogP contribution in [0.2, 0.25) is 0 Å². The molecule has 1 atom stereocenters. The van der Waals surface area contributed by atoms with Gasteiger partial charge in [-0.1, -0.05) is 0 Å². The van der Waals surface area contributed by atoms with Crippen LogP contribution in [-0.2, 0) is 19.6 Å². The van der Waals surface area contributed by atoms with E-state index in [4.69, 9.17) is 9.47 Å². The van der Waals surface area contributed by atoms with E-state index in [2.05, 4.69) is 5.32 Å². The Morgan fingerprint density at radius 2 is 1.92 bits per heavy atom. The minimum atomic E-state index is -3.30. The van der Waals surface area contributed by atoms with Crippen LogP contribution in [0.5, 0.6) is 5.75 Å². The summed E-state index contributed by atoms with van der Waals surface area (Å²) in [5, 5.41) is 2.78. The van der Waals surface area contributed by atoms with E-state index in [-0.39, 0.29) is 5.91 Å². The number of sulfonamides is 1. The Kier molecular flexibility index (Phi) is 8.00. The van der Waals surface area contributed by atoms with Crippen molar-refractivity contribution in [2.24, 2.45) is 0 Å². The summed E-state index contributed by atoms with van der Waals surface area (Å²) in [6.45, 7) is 5.39. The number of ether oxygens (including phenoxy) is 2. The second-order valence-corrected chi connectivity index (χ2v) is 7.34. The van der Waals surface area contributed by atoms with Crippen LogP contribution >= 0.6 is 0 Å². The van der Waals surface area contributed by atoms with Crippen LogP contribution in [0.15, 0.2) is 24.3 Å². The Morgan fingerprint density at radius 1 is 1.29 bits per heavy atom. The third-order valence-electron chi connectivity index (χ3n) is 3.35. The Balaban J connectivity index is 2.49. The van der Waals surface area contributed by atoms with Gasteiger partial charge in [0.1, 0.15) is 5.75 Å². The summed E-state index contributed by atoms with van der Waals surface area (Å²) in [6.07, 6.45) is 1.24. The van der Waals surface area contributed by atoms with Gasteiger partial charge in [0.2, 0.25) is 10.0 Å². The molecule has 1 rings (SSSR count). The Labute approximate surface area is 144 Å². The van der Waals surface area contributed by atoms with E-state index in [9.17, 15) is 13.2 Å². The smallest absolute Gasteiger partial charge is 0.260 e. The van der Waals surface area contributed by atoms with Gasteiger partial charge in [0, 0.05) is 26.8 Å². The molecular weight excluding hydrogens is 332 g/mol. The molecule has 0 aliphatic rings. The van der Waals surface area contributed by atoms with Gasteiger partial charge in [-0.2, -0.15) is 0 Å². The molecule has 0 aliphatic carbocycles. The van der Waals surface area contributed by atoms with E-state index in [1.807, 2.05) is 6.92 Å². The quantitative estimate of drug-likeness (QED) is 0.639. The number of nitrogens with one attached hydrogen (secondary N) is 1. The van der Waals surface area contributed by atoms with Crippen LogP contribution in [0.4, 0.5) is 5.69 Å². The second kappa shape index (κ2) is 9.48. The number of carbonyl (C=O) groups excluding carboxylic acids is 1. The van der Waals surface area contributed by atoms with Gasteiger partial charge in [-0.15, -0.1) is 0 Å². The largest absolute Gasteiger partial charge is 0.481 e. The van der Waals surface area contributed by atoms with Gasteiger partial charge in [0.05, 0.1) is 11.9 Å². The van der Waals surface area contributed by atoms with Crippen molar-refractivity contribution in [3.05, 3.63) is 24.3 Å². The van der Waals surface area contributed by atoms with Crippen LogP contribution < -0.4 is 14.4 Å². The van der Waals surface area contributed by atoms with Crippen molar-refractivity contribution >= 4 is 21.6 Å². The van der Waals surface area contributed by atoms with Crippen molar-refractivity contribution in [3.8, 4) is 5.75 Å². The molecule has 24 heavy (non-hydrogen) atoms. The zero-order chi connectivity index (χ0) is 18.2. The van der Waals surface area contributed by atoms with Gasteiger partial charge >= 0.3 is 0 Å². The molecule has 0 aliphatic heterocycles. The molecule has 0 fully saturated rings. The first-order valence-electron chi connectivity index (χ1n) is 7.81. The minimum absolute atomic E-state index is 0.205. The fraction of sp³-hybridized carbons (Fsp3) is 0.562. The summed E-state index contributed by atoms with van der Waals surface area (Å²) < 4.78 is 34.9. The predicted molar refractivity (Wildman–Crippen MR) is 93.9 cm³/mol. The molecule has 0 radical (unpaired) electrons. The monoisotopic (exact) mass is 358 g/mol. The number of hydrogen-bond acceptors (Lipinski definition) is 5. The maximum Gasteiger partial charge on any atom is 0.260 e. The average Bonchev–Trinajstić information content (AvgIpc) is 2.53. The zero-order valence-electron chi connectivity index (χ0n) is 14.6. The number of benzene rings is 1. The molecule has 0 saturated carbocycles. The average molecular weight is 358 g/mol. The summed E-state index contributed by atoms with van der Waals surface area (Å²) >= 11 is 0. The van der Waals surface area contributed by atoms with Crippen LogP contribution in [0.3, 0.4) is 0 Å². The standard InChI is InChI=1S/C16H26N2O5S/c1-5-22-12-6-11-17-16(19)13(2)23-15-9-7-14(8-10-15)18(3)24(4,20)21/h7-10,13H,5-6,11-12H2,1-4H3,(H,17,19)/t13-/m0/s1. The maximum atomic E-state index is 11.9. The number of carbonyl (C=O) groups is 1. The molecule has 136 valence electrons. The van der Waals surface area contributed by atoms with E-state index in [1.54, 1.807) is 31.2 Å².